The van der Waals surface area contributed by atoms with Gasteiger partial charge in [0.25, 0.3) is 0 Å². The Labute approximate surface area is 122 Å². The van der Waals surface area contributed by atoms with Crippen LogP contribution in [0.5, 0.6) is 5.75 Å². The fraction of sp³-hybridized carbons (Fsp3) is 0.0556. The number of carboxylic acid groups (broad SMARTS) is 1. The Morgan fingerprint density at radius 1 is 0.905 bits per heavy atom. The Hall–Kier alpha value is -2.81. The van der Waals surface area contributed by atoms with E-state index < -0.39 is 5.97 Å². The van der Waals surface area contributed by atoms with Crippen LogP contribution in [-0.2, 0) is 6.61 Å². The van der Waals surface area contributed by atoms with Crippen molar-refractivity contribution in [3.63, 3.8) is 0 Å². The Morgan fingerprint density at radius 3 is 2.38 bits per heavy atom. The minimum atomic E-state index is -0.920. The first-order chi connectivity index (χ1) is 10.2. The minimum Gasteiger partial charge on any atom is -0.488 e. The van der Waals surface area contributed by atoms with E-state index in [2.05, 4.69) is 0 Å². The standard InChI is InChI=1S/C18H14O3/c19-18(20)15-10-8-13(9-11-15)12-21-17-7-3-5-14-4-1-2-6-16(14)17/h1-11H,12H2,(H,19,20). The highest BCUT2D eigenvalue weighted by Crippen LogP contribution is 2.25. The number of ether oxygens (including phenoxy) is 1. The highest BCUT2D eigenvalue weighted by molar-refractivity contribution is 5.88. The number of carboxylic acids is 1. The van der Waals surface area contributed by atoms with Crippen LogP contribution in [0.15, 0.2) is 66.7 Å². The van der Waals surface area contributed by atoms with Crippen LogP contribution in [0.2, 0.25) is 0 Å². The Bertz CT molecular complexity index is 771. The quantitative estimate of drug-likeness (QED) is 0.781. The average Bonchev–Trinajstić information content (AvgIpc) is 2.53. The molecule has 0 spiro atoms. The predicted octanol–water partition coefficient (Wildman–Crippen LogP) is 4.12. The first-order valence-corrected chi connectivity index (χ1v) is 6.67. The molecule has 0 aromatic heterocycles. The summed E-state index contributed by atoms with van der Waals surface area (Å²) in [7, 11) is 0. The van der Waals surface area contributed by atoms with Crippen molar-refractivity contribution in [1.82, 2.24) is 0 Å². The number of fused-ring (bicyclic) bond motifs is 1. The molecular formula is C18H14O3. The van der Waals surface area contributed by atoms with Crippen LogP contribution in [0.1, 0.15) is 15.9 Å². The van der Waals surface area contributed by atoms with Crippen LogP contribution in [0.4, 0.5) is 0 Å². The summed E-state index contributed by atoms with van der Waals surface area (Å²) < 4.78 is 5.86. The van der Waals surface area contributed by atoms with Crippen molar-refractivity contribution in [3.05, 3.63) is 77.9 Å². The summed E-state index contributed by atoms with van der Waals surface area (Å²) in [6.07, 6.45) is 0. The first-order valence-electron chi connectivity index (χ1n) is 6.67. The zero-order chi connectivity index (χ0) is 14.7. The molecular weight excluding hydrogens is 264 g/mol. The van der Waals surface area contributed by atoms with Gasteiger partial charge in [-0.25, -0.2) is 4.79 Å². The van der Waals surface area contributed by atoms with Crippen LogP contribution < -0.4 is 4.74 Å². The minimum absolute atomic E-state index is 0.281. The van der Waals surface area contributed by atoms with Gasteiger partial charge in [0.15, 0.2) is 0 Å². The Kier molecular flexibility index (Phi) is 3.56. The molecule has 0 aliphatic rings. The van der Waals surface area contributed by atoms with Crippen molar-refractivity contribution in [2.45, 2.75) is 6.61 Å². The molecule has 3 aromatic carbocycles. The number of aromatic carboxylic acids is 1. The van der Waals surface area contributed by atoms with E-state index in [-0.39, 0.29) is 5.56 Å². The van der Waals surface area contributed by atoms with Crippen LogP contribution in [0, 0.1) is 0 Å². The third-order valence-corrected chi connectivity index (χ3v) is 3.34. The molecule has 0 amide bonds. The number of hydrogen-bond donors (Lipinski definition) is 1. The first kappa shape index (κ1) is 13.2. The second-order valence-corrected chi connectivity index (χ2v) is 4.77. The van der Waals surface area contributed by atoms with Crippen molar-refractivity contribution in [1.29, 1.82) is 0 Å². The third-order valence-electron chi connectivity index (χ3n) is 3.34. The highest BCUT2D eigenvalue weighted by atomic mass is 16.5. The monoisotopic (exact) mass is 278 g/mol. The van der Waals surface area contributed by atoms with Gasteiger partial charge in [0.1, 0.15) is 12.4 Å². The molecule has 104 valence electrons. The lowest BCUT2D eigenvalue weighted by Crippen LogP contribution is -1.99. The summed E-state index contributed by atoms with van der Waals surface area (Å²) in [5.74, 6) is -0.0908. The normalized spacial score (nSPS) is 10.5. The lowest BCUT2D eigenvalue weighted by molar-refractivity contribution is 0.0697. The van der Waals surface area contributed by atoms with Crippen LogP contribution in [0.3, 0.4) is 0 Å². The van der Waals surface area contributed by atoms with Gasteiger partial charge >= 0.3 is 5.97 Å². The largest absolute Gasteiger partial charge is 0.488 e. The van der Waals surface area contributed by atoms with E-state index in [0.717, 1.165) is 22.1 Å². The van der Waals surface area contributed by atoms with Crippen LogP contribution in [-0.4, -0.2) is 11.1 Å². The van der Waals surface area contributed by atoms with Gasteiger partial charge in [-0.05, 0) is 29.1 Å². The lowest BCUT2D eigenvalue weighted by atomic mass is 10.1. The molecule has 0 heterocycles. The molecule has 0 fully saturated rings. The molecule has 0 aliphatic heterocycles. The zero-order valence-electron chi connectivity index (χ0n) is 11.3. The molecule has 0 aliphatic carbocycles. The second kappa shape index (κ2) is 5.67. The van der Waals surface area contributed by atoms with Crippen molar-refractivity contribution < 1.29 is 14.6 Å². The maximum absolute atomic E-state index is 10.8. The summed E-state index contributed by atoms with van der Waals surface area (Å²) in [6, 6.07) is 20.7. The number of rotatable bonds is 4. The molecule has 3 aromatic rings. The zero-order valence-corrected chi connectivity index (χ0v) is 11.3. The van der Waals surface area contributed by atoms with Crippen molar-refractivity contribution in [2.24, 2.45) is 0 Å². The lowest BCUT2D eigenvalue weighted by Gasteiger charge is -2.09. The number of carbonyl (C=O) groups is 1. The van der Waals surface area contributed by atoms with Crippen molar-refractivity contribution >= 4 is 16.7 Å². The van der Waals surface area contributed by atoms with Crippen LogP contribution in [0.25, 0.3) is 10.8 Å². The molecule has 0 saturated carbocycles. The predicted molar refractivity (Wildman–Crippen MR) is 81.7 cm³/mol. The number of benzene rings is 3. The van der Waals surface area contributed by atoms with Gasteiger partial charge < -0.3 is 9.84 Å². The molecule has 0 saturated heterocycles. The van der Waals surface area contributed by atoms with Crippen molar-refractivity contribution in [2.75, 3.05) is 0 Å². The molecule has 3 rings (SSSR count). The van der Waals surface area contributed by atoms with Gasteiger partial charge in [0, 0.05) is 5.39 Å². The molecule has 0 bridgehead atoms. The third kappa shape index (κ3) is 2.87. The summed E-state index contributed by atoms with van der Waals surface area (Å²) in [5, 5.41) is 11.1. The van der Waals surface area contributed by atoms with E-state index in [1.54, 1.807) is 24.3 Å². The fourth-order valence-electron chi connectivity index (χ4n) is 2.23. The summed E-state index contributed by atoms with van der Waals surface area (Å²) in [5.41, 5.74) is 1.22. The Balaban J connectivity index is 1.79. The maximum atomic E-state index is 10.8. The average molecular weight is 278 g/mol. The number of hydrogen-bond acceptors (Lipinski definition) is 2. The topological polar surface area (TPSA) is 46.5 Å². The molecule has 3 nitrogen and oxygen atoms in total. The van der Waals surface area contributed by atoms with Crippen LogP contribution >= 0.6 is 0 Å². The molecule has 0 radical (unpaired) electrons. The van der Waals surface area contributed by atoms with E-state index >= 15 is 0 Å². The molecule has 3 heteroatoms. The summed E-state index contributed by atoms with van der Waals surface area (Å²) in [4.78, 5) is 10.8. The van der Waals surface area contributed by atoms with Gasteiger partial charge in [0.05, 0.1) is 5.56 Å². The van der Waals surface area contributed by atoms with Gasteiger partial charge in [-0.3, -0.25) is 0 Å². The van der Waals surface area contributed by atoms with E-state index in [1.165, 1.54) is 0 Å². The smallest absolute Gasteiger partial charge is 0.335 e. The maximum Gasteiger partial charge on any atom is 0.335 e. The summed E-state index contributed by atoms with van der Waals surface area (Å²) >= 11 is 0. The van der Waals surface area contributed by atoms with Gasteiger partial charge in [-0.2, -0.15) is 0 Å². The van der Waals surface area contributed by atoms with E-state index in [4.69, 9.17) is 9.84 Å². The molecule has 1 N–H and O–H groups in total. The van der Waals surface area contributed by atoms with E-state index in [0.29, 0.717) is 6.61 Å². The second-order valence-electron chi connectivity index (χ2n) is 4.77. The fourth-order valence-corrected chi connectivity index (χ4v) is 2.23. The van der Waals surface area contributed by atoms with Gasteiger partial charge in [-0.15, -0.1) is 0 Å². The van der Waals surface area contributed by atoms with E-state index in [1.807, 2.05) is 42.5 Å². The van der Waals surface area contributed by atoms with Gasteiger partial charge in [0.2, 0.25) is 0 Å². The van der Waals surface area contributed by atoms with E-state index in [9.17, 15) is 4.79 Å². The highest BCUT2D eigenvalue weighted by Gasteiger charge is 2.04. The molecule has 0 unspecified atom stereocenters. The SMILES string of the molecule is O=C(O)c1ccc(COc2cccc3ccccc23)cc1. The molecule has 21 heavy (non-hydrogen) atoms. The molecule has 0 atom stereocenters. The van der Waals surface area contributed by atoms with Gasteiger partial charge in [-0.1, -0.05) is 48.5 Å². The summed E-state index contributed by atoms with van der Waals surface area (Å²) in [6.45, 7) is 0.411. The van der Waals surface area contributed by atoms with Crippen molar-refractivity contribution in [3.8, 4) is 5.75 Å². The Morgan fingerprint density at radius 2 is 1.62 bits per heavy atom.